The lowest BCUT2D eigenvalue weighted by molar-refractivity contribution is -0.143. The van der Waals surface area contributed by atoms with Crippen LogP contribution in [0, 0.1) is 29.6 Å². The van der Waals surface area contributed by atoms with Crippen LogP contribution in [0.4, 0.5) is 0 Å². The average molecular weight is 1260 g/mol. The lowest BCUT2D eigenvalue weighted by atomic mass is 9.85. The molecule has 3 saturated heterocycles. The molecule has 10 atom stereocenters. The highest BCUT2D eigenvalue weighted by atomic mass is 33.1. The summed E-state index contributed by atoms with van der Waals surface area (Å²) in [6.07, 6.45) is 2.45. The average Bonchev–Trinajstić information content (AvgIpc) is 1.65. The Kier molecular flexibility index (Phi) is 28.9. The van der Waals surface area contributed by atoms with E-state index < -0.39 is 149 Å². The SMILES string of the molecule is CCc1c(CCCOCCOCC(=O)N[C@H]2CSSC[C@@H](C(N)=O)NC(=O)[C@H](CC(C)C)CC(=O)[C@H](CC(C)C)NC(=O)[C@@H]3CCCN3C(=O)[C@H](Cc3ccc(O)cc3)NC(=O)[C@H]([C@@H](C)CC)CC(=O)[C@H](CO)NC(=O)[C@@H]3CCCN3C2=O)c(=O)c1=O. The molecule has 3 aliphatic rings. The summed E-state index contributed by atoms with van der Waals surface area (Å²) in [5.41, 5.74) is 6.54. The Balaban J connectivity index is 1.43. The molecule has 26 heteroatoms. The number of benzene rings is 1. The van der Waals surface area contributed by atoms with Gasteiger partial charge >= 0.3 is 0 Å². The van der Waals surface area contributed by atoms with Gasteiger partial charge < -0.3 is 61.8 Å². The smallest absolute Gasteiger partial charge is 0.246 e. The molecule has 3 fully saturated rings. The van der Waals surface area contributed by atoms with Gasteiger partial charge in [0.25, 0.3) is 0 Å². The normalized spacial score (nSPS) is 25.2. The van der Waals surface area contributed by atoms with Gasteiger partial charge in [-0.2, -0.15) is 0 Å². The summed E-state index contributed by atoms with van der Waals surface area (Å²) < 4.78 is 11.2. The number of ketones is 2. The minimum Gasteiger partial charge on any atom is -0.508 e. The number of primary amides is 1. The number of hydrogen-bond donors (Lipinski definition) is 8. The molecule has 9 N–H and O–H groups in total. The van der Waals surface area contributed by atoms with Gasteiger partial charge in [0.05, 0.1) is 25.9 Å². The van der Waals surface area contributed by atoms with Crippen LogP contribution in [0.15, 0.2) is 33.9 Å². The van der Waals surface area contributed by atoms with Crippen molar-refractivity contribution in [2.45, 2.75) is 174 Å². The molecular formula is C61H90N8O16S2. The van der Waals surface area contributed by atoms with Gasteiger partial charge in [0.2, 0.25) is 58.1 Å². The van der Waals surface area contributed by atoms with Crippen molar-refractivity contribution in [3.8, 4) is 5.75 Å². The second-order valence-corrected chi connectivity index (χ2v) is 26.3. The van der Waals surface area contributed by atoms with Gasteiger partial charge in [-0.25, -0.2) is 0 Å². The Morgan fingerprint density at radius 3 is 1.86 bits per heavy atom. The maximum absolute atomic E-state index is 14.9. The number of carbonyl (C=O) groups is 10. The van der Waals surface area contributed by atoms with E-state index >= 15 is 0 Å². The number of nitrogens with zero attached hydrogens (tertiary/aromatic N) is 2. The maximum atomic E-state index is 14.9. The number of nitrogens with two attached hydrogens (primary N) is 1. The van der Waals surface area contributed by atoms with Crippen LogP contribution >= 0.6 is 21.6 Å². The van der Waals surface area contributed by atoms with Crippen LogP contribution in [0.3, 0.4) is 0 Å². The van der Waals surface area contributed by atoms with E-state index in [0.717, 1.165) is 21.6 Å². The van der Waals surface area contributed by atoms with E-state index in [2.05, 4.69) is 26.6 Å². The van der Waals surface area contributed by atoms with Crippen LogP contribution in [0.5, 0.6) is 5.75 Å². The first-order valence-corrected chi connectivity index (χ1v) is 32.9. The van der Waals surface area contributed by atoms with E-state index in [1.54, 1.807) is 19.1 Å². The largest absolute Gasteiger partial charge is 0.508 e. The first kappa shape index (κ1) is 71.5. The molecule has 0 radical (unpaired) electrons. The molecule has 2 aromatic carbocycles. The molecule has 0 spiro atoms. The van der Waals surface area contributed by atoms with Crippen LogP contribution in [0.2, 0.25) is 0 Å². The van der Waals surface area contributed by atoms with Crippen molar-refractivity contribution in [2.75, 3.05) is 57.6 Å². The summed E-state index contributed by atoms with van der Waals surface area (Å²) in [6.45, 7) is 12.0. The fraction of sp³-hybridized carbons (Fsp3) is 0.672. The van der Waals surface area contributed by atoms with Crippen molar-refractivity contribution < 1.29 is 67.6 Å². The van der Waals surface area contributed by atoms with Crippen molar-refractivity contribution in [1.29, 1.82) is 0 Å². The fourth-order valence-corrected chi connectivity index (χ4v) is 13.6. The Morgan fingerprint density at radius 1 is 0.690 bits per heavy atom. The van der Waals surface area contributed by atoms with E-state index in [0.29, 0.717) is 55.2 Å². The Bertz CT molecular complexity index is 2790. The monoisotopic (exact) mass is 1250 g/mol. The third-order valence-electron chi connectivity index (χ3n) is 16.3. The number of amides is 8. The van der Waals surface area contributed by atoms with Crippen molar-refractivity contribution in [3.63, 3.8) is 0 Å². The number of Topliss-reactive ketones (excluding diaryl/α,β-unsaturated/α-hetero) is 2. The highest BCUT2D eigenvalue weighted by Gasteiger charge is 2.43. The van der Waals surface area contributed by atoms with Gasteiger partial charge in [0.1, 0.15) is 48.6 Å². The number of carbonyl (C=O) groups excluding carboxylic acids is 10. The lowest BCUT2D eigenvalue weighted by Crippen LogP contribution is -2.57. The quantitative estimate of drug-likeness (QED) is 0.0496. The molecule has 87 heavy (non-hydrogen) atoms. The number of phenolic OH excluding ortho intramolecular Hbond substituents is 1. The van der Waals surface area contributed by atoms with Crippen molar-refractivity contribution in [2.24, 2.45) is 35.3 Å². The van der Waals surface area contributed by atoms with Gasteiger partial charge in [-0.3, -0.25) is 57.5 Å². The zero-order chi connectivity index (χ0) is 64.1. The van der Waals surface area contributed by atoms with Gasteiger partial charge in [-0.1, -0.05) is 88.6 Å². The number of nitrogens with one attached hydrogen (secondary N) is 5. The summed E-state index contributed by atoms with van der Waals surface area (Å²) in [7, 11) is 2.13. The number of aliphatic hydroxyl groups excluding tert-OH is 1. The molecule has 0 aromatic heterocycles. The molecule has 8 amide bonds. The summed E-state index contributed by atoms with van der Waals surface area (Å²) in [4.78, 5) is 168. The van der Waals surface area contributed by atoms with E-state index in [1.807, 2.05) is 41.5 Å². The summed E-state index contributed by atoms with van der Waals surface area (Å²) in [5, 5.41) is 34.5. The van der Waals surface area contributed by atoms with Crippen molar-refractivity contribution >= 4 is 80.4 Å². The van der Waals surface area contributed by atoms with Crippen LogP contribution in [-0.4, -0.2) is 179 Å². The topological polar surface area (TPSA) is 356 Å². The van der Waals surface area contributed by atoms with Crippen LogP contribution in [0.1, 0.15) is 129 Å². The molecule has 2 aromatic rings. The molecule has 3 aliphatic heterocycles. The molecule has 482 valence electrons. The zero-order valence-corrected chi connectivity index (χ0v) is 52.8. The highest BCUT2D eigenvalue weighted by molar-refractivity contribution is 8.76. The first-order chi connectivity index (χ1) is 41.4. The molecule has 0 aliphatic carbocycles. The summed E-state index contributed by atoms with van der Waals surface area (Å²) in [5.74, 6) is -9.71. The van der Waals surface area contributed by atoms with Crippen molar-refractivity contribution in [1.82, 2.24) is 36.4 Å². The van der Waals surface area contributed by atoms with Crippen LogP contribution in [0.25, 0.3) is 0 Å². The van der Waals surface area contributed by atoms with Crippen LogP contribution < -0.4 is 43.2 Å². The third-order valence-corrected chi connectivity index (χ3v) is 18.7. The van der Waals surface area contributed by atoms with Gasteiger partial charge in [-0.05, 0) is 93.2 Å². The van der Waals surface area contributed by atoms with E-state index in [-0.39, 0.29) is 101 Å². The summed E-state index contributed by atoms with van der Waals surface area (Å²) in [6, 6.07) is -2.67. The molecule has 0 bridgehead atoms. The predicted octanol–water partition coefficient (Wildman–Crippen LogP) is 1.33. The molecule has 5 rings (SSSR count). The van der Waals surface area contributed by atoms with E-state index in [9.17, 15) is 67.7 Å². The number of ether oxygens (including phenoxy) is 2. The lowest BCUT2D eigenvalue weighted by Gasteiger charge is -2.32. The molecule has 0 unspecified atom stereocenters. The number of aliphatic hydroxyl groups is 1. The zero-order valence-electron chi connectivity index (χ0n) is 51.2. The fourth-order valence-electron chi connectivity index (χ4n) is 11.3. The first-order valence-electron chi connectivity index (χ1n) is 30.4. The van der Waals surface area contributed by atoms with Crippen molar-refractivity contribution in [3.05, 3.63) is 61.4 Å². The predicted molar refractivity (Wildman–Crippen MR) is 327 cm³/mol. The number of fused-ring (bicyclic) bond motifs is 2. The minimum absolute atomic E-state index is 0.0132. The Labute approximate surface area is 516 Å². The van der Waals surface area contributed by atoms with Gasteiger partial charge in [-0.15, -0.1) is 0 Å². The highest BCUT2D eigenvalue weighted by Crippen LogP contribution is 2.29. The number of rotatable bonds is 21. The Hall–Kier alpha value is -6.22. The van der Waals surface area contributed by atoms with E-state index in [1.165, 1.54) is 21.9 Å². The maximum Gasteiger partial charge on any atom is 0.246 e. The molecular weight excluding hydrogens is 1160 g/mol. The second kappa shape index (κ2) is 35.1. The Morgan fingerprint density at radius 2 is 1.26 bits per heavy atom. The standard InChI is InChI=1S/C61H90N8O16S2/c1-8-36(7)42-29-51(73)45(30-70)66-59(81)49-15-11-21-69(49)61(83)47(63-52(74)31-85-24-23-84-22-12-13-41-40(9-2)53(75)54(41)76)33-87-86-32-46(55(62)77)67-56(78)38(25-34(3)4)28-50(72)43(26-35(5)6)64-58(80)48-14-10-20-68(48)60(82)44(65-57(42)79)27-37-16-18-39(71)19-17-37/h16-19,34-36,38,42-49,70-71H,8-15,20-33H2,1-7H3,(H2,62,77)(H,63,74)(H,64,80)(H,65,79)(H,66,81)(H,67,78)/t36-,38+,42-,43-,44-,45-,46-,47-,48-,49-/m0/s1. The molecule has 24 nitrogen and oxygen atoms in total. The minimum atomic E-state index is -1.53. The van der Waals surface area contributed by atoms with Crippen LogP contribution in [-0.2, 0) is 76.7 Å². The molecule has 3 heterocycles. The van der Waals surface area contributed by atoms with E-state index in [4.69, 9.17) is 15.2 Å². The number of hydrogen-bond acceptors (Lipinski definition) is 18. The van der Waals surface area contributed by atoms with Gasteiger partial charge in [0.15, 0.2) is 11.6 Å². The third kappa shape index (κ3) is 21.0. The number of phenols is 1. The molecule has 0 saturated carbocycles. The number of aromatic hydroxyl groups is 1. The van der Waals surface area contributed by atoms with Gasteiger partial charge in [0, 0.05) is 73.4 Å². The summed E-state index contributed by atoms with van der Waals surface area (Å²) >= 11 is 0. The second-order valence-electron chi connectivity index (χ2n) is 23.8.